The minimum absolute atomic E-state index is 0.0635. The van der Waals surface area contributed by atoms with E-state index in [1.807, 2.05) is 12.1 Å². The molecule has 0 fully saturated rings. The lowest BCUT2D eigenvalue weighted by atomic mass is 9.68. The SMILES string of the molecule is O=C(C[C@@]12CSc3[nH]c(=O)sc3[C@@H]1c1ccccc1OC2=O)Nc1ccc(Cl)cc1. The zero-order valence-electron chi connectivity index (χ0n) is 15.4. The van der Waals surface area contributed by atoms with E-state index in [1.165, 1.54) is 11.8 Å². The number of thioether (sulfide) groups is 1. The number of para-hydroxylation sites is 1. The number of halogens is 1. The lowest BCUT2D eigenvalue weighted by Crippen LogP contribution is -2.49. The van der Waals surface area contributed by atoms with Gasteiger partial charge < -0.3 is 15.0 Å². The molecule has 2 aromatic carbocycles. The minimum atomic E-state index is -1.10. The van der Waals surface area contributed by atoms with Crippen molar-refractivity contribution >= 4 is 52.3 Å². The van der Waals surface area contributed by atoms with E-state index in [4.69, 9.17) is 16.3 Å². The van der Waals surface area contributed by atoms with Gasteiger partial charge in [-0.15, -0.1) is 11.8 Å². The fourth-order valence-corrected chi connectivity index (χ4v) is 6.71. The molecular weight excluding hydrogens is 444 g/mol. The molecule has 2 atom stereocenters. The number of rotatable bonds is 3. The van der Waals surface area contributed by atoms with Gasteiger partial charge in [-0.25, -0.2) is 0 Å². The van der Waals surface area contributed by atoms with Gasteiger partial charge in [0.05, 0.1) is 10.4 Å². The maximum atomic E-state index is 13.2. The average Bonchev–Trinajstić information content (AvgIpc) is 3.10. The first-order valence-corrected chi connectivity index (χ1v) is 11.4. The molecule has 2 aliphatic heterocycles. The van der Waals surface area contributed by atoms with Crippen molar-refractivity contribution in [2.75, 3.05) is 11.1 Å². The topological polar surface area (TPSA) is 88.3 Å². The summed E-state index contributed by atoms with van der Waals surface area (Å²) in [6, 6.07) is 14.1. The number of aromatic nitrogens is 1. The van der Waals surface area contributed by atoms with Gasteiger partial charge in [-0.3, -0.25) is 14.4 Å². The fourth-order valence-electron chi connectivity index (χ4n) is 4.04. The summed E-state index contributed by atoms with van der Waals surface area (Å²) in [4.78, 5) is 41.7. The number of esters is 1. The van der Waals surface area contributed by atoms with Gasteiger partial charge in [-0.1, -0.05) is 41.1 Å². The molecule has 3 heterocycles. The Balaban J connectivity index is 1.56. The van der Waals surface area contributed by atoms with Gasteiger partial charge in [-0.2, -0.15) is 0 Å². The molecular formula is C21H15ClN2O4S2. The summed E-state index contributed by atoms with van der Waals surface area (Å²) in [5, 5.41) is 4.16. The van der Waals surface area contributed by atoms with Crippen LogP contribution in [0.15, 0.2) is 58.4 Å². The molecule has 3 aromatic rings. The first-order chi connectivity index (χ1) is 14.5. The van der Waals surface area contributed by atoms with E-state index in [1.54, 1.807) is 36.4 Å². The van der Waals surface area contributed by atoms with Gasteiger partial charge >= 0.3 is 10.8 Å². The third-order valence-electron chi connectivity index (χ3n) is 5.37. The number of amides is 1. The fraction of sp³-hybridized carbons (Fsp3) is 0.190. The number of hydrogen-bond donors (Lipinski definition) is 2. The average molecular weight is 459 g/mol. The molecule has 0 saturated heterocycles. The van der Waals surface area contributed by atoms with E-state index in [2.05, 4.69) is 10.3 Å². The molecule has 1 aromatic heterocycles. The Kier molecular flexibility index (Phi) is 4.72. The molecule has 6 nitrogen and oxygen atoms in total. The van der Waals surface area contributed by atoms with Crippen LogP contribution in [0.1, 0.15) is 22.8 Å². The van der Waals surface area contributed by atoms with Crippen molar-refractivity contribution in [2.45, 2.75) is 17.4 Å². The number of anilines is 1. The number of benzene rings is 2. The van der Waals surface area contributed by atoms with Crippen molar-refractivity contribution in [3.63, 3.8) is 0 Å². The smallest absolute Gasteiger partial charge is 0.319 e. The van der Waals surface area contributed by atoms with Gasteiger partial charge in [0.1, 0.15) is 5.75 Å². The molecule has 0 saturated carbocycles. The first-order valence-electron chi connectivity index (χ1n) is 9.19. The number of nitrogens with one attached hydrogen (secondary N) is 2. The lowest BCUT2D eigenvalue weighted by molar-refractivity contribution is -0.149. The van der Waals surface area contributed by atoms with Gasteiger partial charge in [0.2, 0.25) is 5.91 Å². The Bertz CT molecular complexity index is 1220. The predicted octanol–water partition coefficient (Wildman–Crippen LogP) is 4.26. The Morgan fingerprint density at radius 2 is 1.97 bits per heavy atom. The summed E-state index contributed by atoms with van der Waals surface area (Å²) < 4.78 is 5.66. The Morgan fingerprint density at radius 3 is 2.77 bits per heavy atom. The Labute approximate surface area is 184 Å². The van der Waals surface area contributed by atoms with Crippen molar-refractivity contribution in [2.24, 2.45) is 5.41 Å². The highest BCUT2D eigenvalue weighted by Crippen LogP contribution is 2.58. The van der Waals surface area contributed by atoms with Crippen LogP contribution >= 0.6 is 34.7 Å². The van der Waals surface area contributed by atoms with Crippen molar-refractivity contribution in [3.8, 4) is 5.75 Å². The first kappa shape index (κ1) is 19.4. The summed E-state index contributed by atoms with van der Waals surface area (Å²) in [6.45, 7) is 0. The molecule has 152 valence electrons. The monoisotopic (exact) mass is 458 g/mol. The highest BCUT2D eigenvalue weighted by molar-refractivity contribution is 7.99. The number of hydrogen-bond acceptors (Lipinski definition) is 6. The highest BCUT2D eigenvalue weighted by atomic mass is 35.5. The van der Waals surface area contributed by atoms with Crippen LogP contribution in [-0.4, -0.2) is 22.6 Å². The van der Waals surface area contributed by atoms with E-state index >= 15 is 0 Å². The number of ether oxygens (including phenoxy) is 1. The standard InChI is InChI=1S/C21H15ClN2O4S2/c22-11-5-7-12(8-6-11)23-15(25)9-21-10-29-18-17(30-20(27)24-18)16(21)13-3-1-2-4-14(13)28-19(21)26/h1-8,16H,9-10H2,(H,23,25)(H,24,27)/t16-,21+/m0/s1. The van der Waals surface area contributed by atoms with Crippen LogP contribution in [0.2, 0.25) is 5.02 Å². The number of carbonyl (C=O) groups is 2. The maximum Gasteiger partial charge on any atom is 0.319 e. The van der Waals surface area contributed by atoms with Crippen molar-refractivity contribution in [1.29, 1.82) is 0 Å². The highest BCUT2D eigenvalue weighted by Gasteiger charge is 2.57. The molecule has 0 spiro atoms. The maximum absolute atomic E-state index is 13.2. The lowest BCUT2D eigenvalue weighted by Gasteiger charge is -2.44. The van der Waals surface area contributed by atoms with E-state index in [-0.39, 0.29) is 17.2 Å². The molecule has 1 amide bonds. The normalized spacial score (nSPS) is 21.8. The number of thiazole rings is 1. The third-order valence-corrected chi connectivity index (χ3v) is 7.97. The zero-order valence-corrected chi connectivity index (χ0v) is 17.8. The van der Waals surface area contributed by atoms with Crippen LogP contribution in [-0.2, 0) is 9.59 Å². The van der Waals surface area contributed by atoms with Crippen LogP contribution < -0.4 is 14.9 Å². The molecule has 5 rings (SSSR count). The summed E-state index contributed by atoms with van der Waals surface area (Å²) in [6.07, 6.45) is -0.0635. The Morgan fingerprint density at radius 1 is 1.20 bits per heavy atom. The molecule has 0 aliphatic carbocycles. The number of fused-ring (bicyclic) bond motifs is 5. The van der Waals surface area contributed by atoms with Gasteiger partial charge in [0.15, 0.2) is 0 Å². The van der Waals surface area contributed by atoms with Crippen LogP contribution in [0.4, 0.5) is 5.69 Å². The van der Waals surface area contributed by atoms with Gasteiger partial charge in [0.25, 0.3) is 0 Å². The molecule has 0 unspecified atom stereocenters. The summed E-state index contributed by atoms with van der Waals surface area (Å²) >= 11 is 8.37. The number of aromatic amines is 1. The largest absolute Gasteiger partial charge is 0.426 e. The molecule has 0 radical (unpaired) electrons. The molecule has 2 N–H and O–H groups in total. The van der Waals surface area contributed by atoms with Crippen LogP contribution in [0.5, 0.6) is 5.75 Å². The van der Waals surface area contributed by atoms with Gasteiger partial charge in [-0.05, 0) is 30.3 Å². The summed E-state index contributed by atoms with van der Waals surface area (Å²) in [5.74, 6) is -0.369. The zero-order chi connectivity index (χ0) is 20.9. The molecule has 30 heavy (non-hydrogen) atoms. The second-order valence-electron chi connectivity index (χ2n) is 7.24. The van der Waals surface area contributed by atoms with Crippen LogP contribution in [0.25, 0.3) is 0 Å². The second-order valence-corrected chi connectivity index (χ2v) is 9.68. The van der Waals surface area contributed by atoms with Crippen LogP contribution in [0, 0.1) is 5.41 Å². The van der Waals surface area contributed by atoms with Crippen molar-refractivity contribution < 1.29 is 14.3 Å². The van der Waals surface area contributed by atoms with Crippen molar-refractivity contribution in [1.82, 2.24) is 4.98 Å². The molecule has 0 bridgehead atoms. The van der Waals surface area contributed by atoms with E-state index < -0.39 is 17.3 Å². The number of H-pyrrole nitrogens is 1. The van der Waals surface area contributed by atoms with Crippen molar-refractivity contribution in [3.05, 3.63) is 73.7 Å². The van der Waals surface area contributed by atoms with E-state index in [0.717, 1.165) is 26.8 Å². The predicted molar refractivity (Wildman–Crippen MR) is 117 cm³/mol. The molecule has 9 heteroatoms. The second kappa shape index (κ2) is 7.30. The van der Waals surface area contributed by atoms with Gasteiger partial charge in [0, 0.05) is 39.2 Å². The summed E-state index contributed by atoms with van der Waals surface area (Å²) in [5.41, 5.74) is 0.304. The molecule has 2 aliphatic rings. The van der Waals surface area contributed by atoms with Crippen LogP contribution in [0.3, 0.4) is 0 Å². The van der Waals surface area contributed by atoms with E-state index in [0.29, 0.717) is 22.2 Å². The van der Waals surface area contributed by atoms with E-state index in [9.17, 15) is 14.4 Å². The Hall–Kier alpha value is -2.55. The quantitative estimate of drug-likeness (QED) is 0.452. The third kappa shape index (κ3) is 3.15. The number of carbonyl (C=O) groups excluding carboxylic acids is 2. The minimum Gasteiger partial charge on any atom is -0.426 e. The summed E-state index contributed by atoms with van der Waals surface area (Å²) in [7, 11) is 0.